The first-order valence-corrected chi connectivity index (χ1v) is 7.05. The summed E-state index contributed by atoms with van der Waals surface area (Å²) in [7, 11) is 0. The molecule has 0 aromatic carbocycles. The molecule has 0 bridgehead atoms. The van der Waals surface area contributed by atoms with Gasteiger partial charge in [-0.2, -0.15) is 0 Å². The maximum atomic E-state index is 4.59. The van der Waals surface area contributed by atoms with Crippen LogP contribution in [-0.2, 0) is 0 Å². The van der Waals surface area contributed by atoms with Crippen LogP contribution >= 0.6 is 0 Å². The highest BCUT2D eigenvalue weighted by Gasteiger charge is 2.14. The molecule has 3 heterocycles. The molecule has 0 amide bonds. The van der Waals surface area contributed by atoms with Gasteiger partial charge in [-0.25, -0.2) is 0 Å². The largest absolute Gasteiger partial charge is 0.370 e. The first-order valence-electron chi connectivity index (χ1n) is 7.05. The van der Waals surface area contributed by atoms with E-state index < -0.39 is 0 Å². The second-order valence-electron chi connectivity index (χ2n) is 5.01. The molecule has 0 atom stereocenters. The lowest BCUT2D eigenvalue weighted by molar-refractivity contribution is 0.726. The van der Waals surface area contributed by atoms with Crippen molar-refractivity contribution in [2.24, 2.45) is 0 Å². The zero-order chi connectivity index (χ0) is 12.9. The van der Waals surface area contributed by atoms with Crippen molar-refractivity contribution in [1.82, 2.24) is 9.97 Å². The van der Waals surface area contributed by atoms with Crippen LogP contribution in [0.1, 0.15) is 25.7 Å². The summed E-state index contributed by atoms with van der Waals surface area (Å²) in [5, 5.41) is 0. The molecule has 0 unspecified atom stereocenters. The molecule has 1 fully saturated rings. The smallest absolute Gasteiger partial charge is 0.0936 e. The highest BCUT2D eigenvalue weighted by molar-refractivity contribution is 5.74. The van der Waals surface area contributed by atoms with Crippen LogP contribution in [0.3, 0.4) is 0 Å². The first-order chi connectivity index (χ1) is 9.45. The fourth-order valence-electron chi connectivity index (χ4n) is 2.70. The minimum Gasteiger partial charge on any atom is -0.370 e. The Balaban J connectivity index is 1.97. The fraction of sp³-hybridized carbons (Fsp3) is 0.375. The molecule has 1 aliphatic rings. The number of pyridine rings is 2. The Kier molecular flexibility index (Phi) is 3.73. The molecule has 0 spiro atoms. The van der Waals surface area contributed by atoms with Gasteiger partial charge in [0.1, 0.15) is 0 Å². The van der Waals surface area contributed by atoms with Gasteiger partial charge in [-0.05, 0) is 37.1 Å². The zero-order valence-corrected chi connectivity index (χ0v) is 11.1. The van der Waals surface area contributed by atoms with Gasteiger partial charge in [-0.1, -0.05) is 12.8 Å². The predicted molar refractivity (Wildman–Crippen MR) is 78.1 cm³/mol. The Morgan fingerprint density at radius 2 is 1.58 bits per heavy atom. The van der Waals surface area contributed by atoms with Gasteiger partial charge >= 0.3 is 0 Å². The van der Waals surface area contributed by atoms with Crippen molar-refractivity contribution in [2.75, 3.05) is 18.0 Å². The second kappa shape index (κ2) is 5.83. The summed E-state index contributed by atoms with van der Waals surface area (Å²) in [6, 6.07) is 8.28. The number of hydrogen-bond donors (Lipinski definition) is 0. The maximum Gasteiger partial charge on any atom is 0.0936 e. The summed E-state index contributed by atoms with van der Waals surface area (Å²) in [6.07, 6.45) is 10.8. The molecule has 19 heavy (non-hydrogen) atoms. The van der Waals surface area contributed by atoms with E-state index in [1.807, 2.05) is 36.8 Å². The van der Waals surface area contributed by atoms with E-state index >= 15 is 0 Å². The Labute approximate surface area is 114 Å². The van der Waals surface area contributed by atoms with Crippen LogP contribution in [0, 0.1) is 0 Å². The van der Waals surface area contributed by atoms with Crippen LogP contribution in [0.4, 0.5) is 5.69 Å². The van der Waals surface area contributed by atoms with Crippen molar-refractivity contribution in [3.8, 4) is 11.3 Å². The lowest BCUT2D eigenvalue weighted by Gasteiger charge is -2.24. The molecule has 2 aromatic heterocycles. The van der Waals surface area contributed by atoms with Gasteiger partial charge in [-0.15, -0.1) is 0 Å². The minimum atomic E-state index is 1.08. The number of aromatic nitrogens is 2. The molecule has 3 rings (SSSR count). The molecule has 2 aromatic rings. The molecule has 3 nitrogen and oxygen atoms in total. The summed E-state index contributed by atoms with van der Waals surface area (Å²) < 4.78 is 0. The minimum absolute atomic E-state index is 1.08. The van der Waals surface area contributed by atoms with E-state index in [1.165, 1.54) is 31.4 Å². The molecule has 0 saturated carbocycles. The standard InChI is InChI=1S/C16H19N3/c1-2-4-13-19(12-3-1)15-6-5-9-18-16(15)14-7-10-17-11-8-14/h5-11H,1-4,12-13H2. The molecule has 0 aliphatic carbocycles. The lowest BCUT2D eigenvalue weighted by Crippen LogP contribution is -2.24. The van der Waals surface area contributed by atoms with E-state index in [1.54, 1.807) is 0 Å². The fourth-order valence-corrected chi connectivity index (χ4v) is 2.70. The Morgan fingerprint density at radius 1 is 0.842 bits per heavy atom. The SMILES string of the molecule is c1cnc(-c2ccncc2)c(N2CCCCCC2)c1. The van der Waals surface area contributed by atoms with Gasteiger partial charge in [0.05, 0.1) is 11.4 Å². The van der Waals surface area contributed by atoms with Crippen molar-refractivity contribution in [3.05, 3.63) is 42.9 Å². The quantitative estimate of drug-likeness (QED) is 0.820. The molecule has 1 saturated heterocycles. The van der Waals surface area contributed by atoms with Crippen LogP contribution in [0.15, 0.2) is 42.9 Å². The Morgan fingerprint density at radius 3 is 2.32 bits per heavy atom. The second-order valence-corrected chi connectivity index (χ2v) is 5.01. The lowest BCUT2D eigenvalue weighted by atomic mass is 10.1. The number of anilines is 1. The highest BCUT2D eigenvalue weighted by Crippen LogP contribution is 2.29. The van der Waals surface area contributed by atoms with Gasteiger partial charge in [0.15, 0.2) is 0 Å². The summed E-state index contributed by atoms with van der Waals surface area (Å²) >= 11 is 0. The average molecular weight is 253 g/mol. The number of rotatable bonds is 2. The van der Waals surface area contributed by atoms with Crippen LogP contribution in [0.25, 0.3) is 11.3 Å². The summed E-state index contributed by atoms with van der Waals surface area (Å²) in [5.41, 5.74) is 3.48. The van der Waals surface area contributed by atoms with E-state index in [0.717, 1.165) is 24.3 Å². The van der Waals surface area contributed by atoms with Crippen LogP contribution in [0.2, 0.25) is 0 Å². The van der Waals surface area contributed by atoms with Crippen LogP contribution in [0.5, 0.6) is 0 Å². The van der Waals surface area contributed by atoms with Gasteiger partial charge in [0.2, 0.25) is 0 Å². The Hall–Kier alpha value is -1.90. The zero-order valence-electron chi connectivity index (χ0n) is 11.1. The van der Waals surface area contributed by atoms with Crippen molar-refractivity contribution < 1.29 is 0 Å². The molecule has 3 heteroatoms. The van der Waals surface area contributed by atoms with Crippen molar-refractivity contribution >= 4 is 5.69 Å². The summed E-state index contributed by atoms with van der Waals surface area (Å²) in [6.45, 7) is 2.29. The van der Waals surface area contributed by atoms with Gasteiger partial charge in [0.25, 0.3) is 0 Å². The van der Waals surface area contributed by atoms with Gasteiger partial charge in [-0.3, -0.25) is 9.97 Å². The third-order valence-corrected chi connectivity index (χ3v) is 3.69. The number of hydrogen-bond acceptors (Lipinski definition) is 3. The van der Waals surface area contributed by atoms with Crippen LogP contribution in [-0.4, -0.2) is 23.1 Å². The monoisotopic (exact) mass is 253 g/mol. The highest BCUT2D eigenvalue weighted by atomic mass is 15.1. The maximum absolute atomic E-state index is 4.59. The molecule has 0 N–H and O–H groups in total. The van der Waals surface area contributed by atoms with Gasteiger partial charge in [0, 0.05) is 37.2 Å². The van der Waals surface area contributed by atoms with Gasteiger partial charge < -0.3 is 4.90 Å². The summed E-state index contributed by atoms with van der Waals surface area (Å²) in [5.74, 6) is 0. The average Bonchev–Trinajstić information content (AvgIpc) is 2.77. The Bertz CT molecular complexity index is 517. The molecule has 0 radical (unpaired) electrons. The molecular formula is C16H19N3. The van der Waals surface area contributed by atoms with Crippen molar-refractivity contribution in [3.63, 3.8) is 0 Å². The molecule has 98 valence electrons. The molecular weight excluding hydrogens is 234 g/mol. The van der Waals surface area contributed by atoms with E-state index in [4.69, 9.17) is 0 Å². The predicted octanol–water partition coefficient (Wildman–Crippen LogP) is 3.52. The normalized spacial score (nSPS) is 16.1. The van der Waals surface area contributed by atoms with Crippen molar-refractivity contribution in [2.45, 2.75) is 25.7 Å². The summed E-state index contributed by atoms with van der Waals surface area (Å²) in [4.78, 5) is 11.2. The van der Waals surface area contributed by atoms with E-state index in [2.05, 4.69) is 20.9 Å². The topological polar surface area (TPSA) is 29.0 Å². The molecule has 1 aliphatic heterocycles. The number of nitrogens with zero attached hydrogens (tertiary/aromatic N) is 3. The van der Waals surface area contributed by atoms with E-state index in [-0.39, 0.29) is 0 Å². The third kappa shape index (κ3) is 2.75. The van der Waals surface area contributed by atoms with E-state index in [0.29, 0.717) is 0 Å². The third-order valence-electron chi connectivity index (χ3n) is 3.69. The van der Waals surface area contributed by atoms with Crippen LogP contribution < -0.4 is 4.90 Å². The van der Waals surface area contributed by atoms with E-state index in [9.17, 15) is 0 Å². The first kappa shape index (κ1) is 12.2. The van der Waals surface area contributed by atoms with Crippen molar-refractivity contribution in [1.29, 1.82) is 0 Å².